The Bertz CT molecular complexity index is 725. The minimum atomic E-state index is -1.47. The second-order valence-corrected chi connectivity index (χ2v) is 7.70. The minimum absolute atomic E-state index is 0.0563. The molecule has 27 heavy (non-hydrogen) atoms. The number of rotatable bonds is 7. The first-order valence-corrected chi connectivity index (χ1v) is 9.65. The predicted molar refractivity (Wildman–Crippen MR) is 102 cm³/mol. The summed E-state index contributed by atoms with van der Waals surface area (Å²) in [6.45, 7) is 1.56. The van der Waals surface area contributed by atoms with Gasteiger partial charge in [0.25, 0.3) is 5.91 Å². The Hall–Kier alpha value is -2.09. The number of carboxylic acid groups (broad SMARTS) is 2. The van der Waals surface area contributed by atoms with Gasteiger partial charge in [-0.3, -0.25) is 15.1 Å². The maximum Gasteiger partial charge on any atom is 0.354 e. The second-order valence-electron chi connectivity index (χ2n) is 5.53. The first-order chi connectivity index (χ1) is 12.7. The topological polar surface area (TPSA) is 176 Å². The molecule has 0 spiro atoms. The molecule has 13 heteroatoms. The lowest BCUT2D eigenvalue weighted by Crippen LogP contribution is -2.53. The fraction of sp³-hybridized carbons (Fsp3) is 0.500. The van der Waals surface area contributed by atoms with Gasteiger partial charge in [0.1, 0.15) is 23.7 Å². The molecule has 0 saturated carbocycles. The van der Waals surface area contributed by atoms with E-state index in [-0.39, 0.29) is 16.9 Å². The number of nitrogens with zero attached hydrogens (tertiary/aromatic N) is 2. The van der Waals surface area contributed by atoms with Crippen molar-refractivity contribution in [2.75, 3.05) is 12.9 Å². The summed E-state index contributed by atoms with van der Waals surface area (Å²) < 4.78 is 0. The molecule has 0 bridgehead atoms. The summed E-state index contributed by atoms with van der Waals surface area (Å²) in [5.41, 5.74) is 5.45. The lowest BCUT2D eigenvalue weighted by molar-refractivity contribution is -0.141. The summed E-state index contributed by atoms with van der Waals surface area (Å²) in [5, 5.41) is 28.1. The number of amides is 1. The van der Waals surface area contributed by atoms with E-state index in [2.05, 4.69) is 20.8 Å². The van der Waals surface area contributed by atoms with Gasteiger partial charge in [-0.15, -0.1) is 23.5 Å². The molecule has 6 N–H and O–H groups in total. The first-order valence-electron chi connectivity index (χ1n) is 7.66. The molecule has 1 fully saturated rings. The zero-order chi connectivity index (χ0) is 20.1. The van der Waals surface area contributed by atoms with Gasteiger partial charge < -0.3 is 26.1 Å². The van der Waals surface area contributed by atoms with Gasteiger partial charge in [0, 0.05) is 5.75 Å². The highest BCUT2D eigenvalue weighted by Gasteiger charge is 2.37. The number of aliphatic imine (C=N–C) groups is 1. The van der Waals surface area contributed by atoms with Crippen molar-refractivity contribution in [1.82, 2.24) is 10.6 Å². The Morgan fingerprint density at radius 3 is 2.70 bits per heavy atom. The van der Waals surface area contributed by atoms with Gasteiger partial charge in [-0.2, -0.15) is 0 Å². The Labute approximate surface area is 162 Å². The Morgan fingerprint density at radius 1 is 1.48 bits per heavy atom. The van der Waals surface area contributed by atoms with Crippen molar-refractivity contribution in [3.8, 4) is 0 Å². The third-order valence-corrected chi connectivity index (χ3v) is 5.78. The van der Waals surface area contributed by atoms with Crippen LogP contribution in [0.4, 0.5) is 0 Å². The molecule has 0 radical (unpaired) electrons. The smallest absolute Gasteiger partial charge is 0.354 e. The predicted octanol–water partition coefficient (Wildman–Crippen LogP) is -0.992. The number of carboxylic acids is 2. The molecule has 11 nitrogen and oxygen atoms in total. The van der Waals surface area contributed by atoms with Crippen molar-refractivity contribution >= 4 is 52.8 Å². The molecule has 1 saturated heterocycles. The van der Waals surface area contributed by atoms with Crippen LogP contribution in [0.3, 0.4) is 0 Å². The van der Waals surface area contributed by atoms with E-state index in [1.807, 2.05) is 0 Å². The highest BCUT2D eigenvalue weighted by Crippen LogP contribution is 2.26. The normalized spacial score (nSPS) is 26.6. The number of nitrogens with one attached hydrogen (secondary N) is 2. The van der Waals surface area contributed by atoms with Crippen LogP contribution in [0.5, 0.6) is 0 Å². The molecule has 2 heterocycles. The molecule has 0 aromatic carbocycles. The van der Waals surface area contributed by atoms with E-state index in [1.54, 1.807) is 6.92 Å². The minimum Gasteiger partial charge on any atom is -0.480 e. The van der Waals surface area contributed by atoms with Crippen molar-refractivity contribution < 1.29 is 29.4 Å². The third-order valence-electron chi connectivity index (χ3n) is 3.61. The van der Waals surface area contributed by atoms with Crippen molar-refractivity contribution in [2.45, 2.75) is 29.9 Å². The summed E-state index contributed by atoms with van der Waals surface area (Å²) in [6.07, 6.45) is 0. The second kappa shape index (κ2) is 9.21. The van der Waals surface area contributed by atoms with Gasteiger partial charge >= 0.3 is 11.9 Å². The average Bonchev–Trinajstić information content (AvgIpc) is 3.03. The van der Waals surface area contributed by atoms with E-state index >= 15 is 0 Å². The Morgan fingerprint density at radius 2 is 2.19 bits per heavy atom. The molecule has 0 aromatic heterocycles. The lowest BCUT2D eigenvalue weighted by Gasteiger charge is -2.24. The van der Waals surface area contributed by atoms with Crippen molar-refractivity contribution in [1.29, 1.82) is 0 Å². The molecule has 2 unspecified atom stereocenters. The van der Waals surface area contributed by atoms with E-state index in [0.29, 0.717) is 11.3 Å². The van der Waals surface area contributed by atoms with Gasteiger partial charge in [0.15, 0.2) is 11.8 Å². The molecule has 148 valence electrons. The first kappa shape index (κ1) is 21.2. The molecular weight excluding hydrogens is 398 g/mol. The van der Waals surface area contributed by atoms with Gasteiger partial charge in [0.05, 0.1) is 6.04 Å². The molecule has 2 aliphatic heterocycles. The number of carbonyl (C=O) groups excluding carboxylic acids is 1. The van der Waals surface area contributed by atoms with Crippen LogP contribution in [-0.4, -0.2) is 75.3 Å². The van der Waals surface area contributed by atoms with Crippen LogP contribution in [0.15, 0.2) is 21.1 Å². The monoisotopic (exact) mass is 417 g/mol. The van der Waals surface area contributed by atoms with E-state index in [9.17, 15) is 24.6 Å². The maximum absolute atomic E-state index is 12.6. The van der Waals surface area contributed by atoms with Crippen LogP contribution in [0.1, 0.15) is 6.92 Å². The van der Waals surface area contributed by atoms with Gasteiger partial charge in [-0.1, -0.05) is 5.16 Å². The van der Waals surface area contributed by atoms with E-state index in [0.717, 1.165) is 11.8 Å². The molecule has 0 aliphatic carbocycles. The van der Waals surface area contributed by atoms with Gasteiger partial charge in [-0.05, 0) is 17.9 Å². The fourth-order valence-electron chi connectivity index (χ4n) is 2.35. The number of carbonyl (C=O) groups is 3. The Balaban J connectivity index is 2.20. The highest BCUT2D eigenvalue weighted by atomic mass is 32.2. The van der Waals surface area contributed by atoms with Gasteiger partial charge in [0.2, 0.25) is 0 Å². The van der Waals surface area contributed by atoms with Crippen molar-refractivity contribution in [3.05, 3.63) is 11.0 Å². The summed E-state index contributed by atoms with van der Waals surface area (Å²) in [6, 6.07) is -1.98. The fourth-order valence-corrected chi connectivity index (χ4v) is 4.23. The molecule has 1 amide bonds. The number of nitrogens with two attached hydrogens (primary N) is 1. The quantitative estimate of drug-likeness (QED) is 0.255. The number of oxime groups is 1. The molecule has 2 aliphatic rings. The third kappa shape index (κ3) is 5.22. The summed E-state index contributed by atoms with van der Waals surface area (Å²) >= 11 is 2.38. The summed E-state index contributed by atoms with van der Waals surface area (Å²) in [7, 11) is 1.26. The van der Waals surface area contributed by atoms with Crippen molar-refractivity contribution in [2.24, 2.45) is 15.9 Å². The summed E-state index contributed by atoms with van der Waals surface area (Å²) in [4.78, 5) is 44.2. The zero-order valence-electron chi connectivity index (χ0n) is 14.4. The Kier molecular flexibility index (Phi) is 7.24. The van der Waals surface area contributed by atoms with Crippen LogP contribution in [0.25, 0.3) is 0 Å². The number of thioether (sulfide) groups is 2. The van der Waals surface area contributed by atoms with Crippen LogP contribution in [-0.2, 0) is 19.2 Å². The van der Waals surface area contributed by atoms with Crippen molar-refractivity contribution in [3.63, 3.8) is 0 Å². The SMILES string of the molecule is CO/N=C(\C(=O)N[C@H](C(=O)O)[C@@H]1N=C(C(=O)O)C(C)=CS1)C1CSC(N)N1. The van der Waals surface area contributed by atoms with E-state index in [1.165, 1.54) is 24.3 Å². The number of aliphatic carboxylic acids is 2. The average molecular weight is 417 g/mol. The van der Waals surface area contributed by atoms with Crippen LogP contribution in [0.2, 0.25) is 0 Å². The molecule has 0 aromatic rings. The molecule has 4 atom stereocenters. The maximum atomic E-state index is 12.6. The lowest BCUT2D eigenvalue weighted by atomic mass is 10.1. The van der Waals surface area contributed by atoms with Crippen LogP contribution >= 0.6 is 23.5 Å². The number of hydrogen-bond donors (Lipinski definition) is 5. The van der Waals surface area contributed by atoms with Gasteiger partial charge in [-0.25, -0.2) is 9.59 Å². The molecular formula is C14H19N5O6S2. The van der Waals surface area contributed by atoms with E-state index in [4.69, 9.17) is 10.6 Å². The van der Waals surface area contributed by atoms with Crippen LogP contribution in [0, 0.1) is 0 Å². The zero-order valence-corrected chi connectivity index (χ0v) is 16.0. The number of hydrogen-bond acceptors (Lipinski definition) is 10. The largest absolute Gasteiger partial charge is 0.480 e. The standard InChI is InChI=1S/C14H19N5O6S2/c1-5-3-26-11(18-7(5)12(21)22)9(13(23)24)17-10(20)8(19-25-2)6-4-27-14(15)16-6/h3,6,9,11,14,16H,4,15H2,1-2H3,(H,17,20)(H,21,22)(H,23,24)/b19-8-/t6?,9-,11+,14?/m0/s1. The molecule has 2 rings (SSSR count). The summed E-state index contributed by atoms with van der Waals surface area (Å²) in [5.74, 6) is -2.94. The van der Waals surface area contributed by atoms with Crippen LogP contribution < -0.4 is 16.4 Å². The highest BCUT2D eigenvalue weighted by molar-refractivity contribution is 8.02. The van der Waals surface area contributed by atoms with E-state index < -0.39 is 35.3 Å².